The Hall–Kier alpha value is -1.64. The van der Waals surface area contributed by atoms with Crippen LogP contribution < -0.4 is 0 Å². The van der Waals surface area contributed by atoms with E-state index >= 15 is 0 Å². The summed E-state index contributed by atoms with van der Waals surface area (Å²) in [5.74, 6) is 0. The molecule has 21 heavy (non-hydrogen) atoms. The maximum Gasteiger partial charge on any atom is 0.102 e. The molecule has 0 N–H and O–H groups in total. The van der Waals surface area contributed by atoms with E-state index in [1.807, 2.05) is 0 Å². The van der Waals surface area contributed by atoms with Crippen molar-refractivity contribution in [3.8, 4) is 0 Å². The first-order valence-electron chi connectivity index (χ1n) is 7.55. The zero-order valence-corrected chi connectivity index (χ0v) is 13.3. The van der Waals surface area contributed by atoms with Gasteiger partial charge in [-0.05, 0) is 11.1 Å². The topological polar surface area (TPSA) is 9.23 Å². The van der Waals surface area contributed by atoms with Crippen molar-refractivity contribution in [3.63, 3.8) is 0 Å². The van der Waals surface area contributed by atoms with Gasteiger partial charge in [-0.1, -0.05) is 60.7 Å². The van der Waals surface area contributed by atoms with E-state index in [0.29, 0.717) is 0 Å². The second kappa shape index (κ2) is 7.39. The lowest BCUT2D eigenvalue weighted by molar-refractivity contribution is -0.870. The number of nitrogens with zero attached hydrogens (tertiary/aromatic N) is 1. The second-order valence-electron chi connectivity index (χ2n) is 6.47. The van der Waals surface area contributed by atoms with Crippen molar-refractivity contribution < 1.29 is 9.22 Å². The third kappa shape index (κ3) is 5.70. The van der Waals surface area contributed by atoms with Gasteiger partial charge in [-0.15, -0.1) is 0 Å². The standard InChI is InChI=1S/C19H26NO/c1-20(2,3)14-15-21-19(18-12-8-5-9-13-18)16-17-10-6-4-7-11-17/h4-13,19H,14-16H2,1-3H3/q+1. The fourth-order valence-electron chi connectivity index (χ4n) is 2.24. The molecule has 2 nitrogen and oxygen atoms in total. The molecule has 0 amide bonds. The average molecular weight is 284 g/mol. The number of hydrogen-bond donors (Lipinski definition) is 0. The number of hydrogen-bond acceptors (Lipinski definition) is 1. The Morgan fingerprint density at radius 2 is 1.43 bits per heavy atom. The van der Waals surface area contributed by atoms with E-state index in [9.17, 15) is 0 Å². The van der Waals surface area contributed by atoms with E-state index in [0.717, 1.165) is 24.1 Å². The van der Waals surface area contributed by atoms with Gasteiger partial charge in [-0.2, -0.15) is 0 Å². The molecule has 2 rings (SSSR count). The maximum absolute atomic E-state index is 6.19. The SMILES string of the molecule is C[N+](C)(C)CCOC(Cc1ccccc1)c1ccccc1. The summed E-state index contributed by atoms with van der Waals surface area (Å²) in [7, 11) is 6.58. The normalized spacial score (nSPS) is 13.1. The molecule has 0 fully saturated rings. The van der Waals surface area contributed by atoms with Crippen LogP contribution in [0.5, 0.6) is 0 Å². The van der Waals surface area contributed by atoms with E-state index in [4.69, 9.17) is 4.74 Å². The summed E-state index contributed by atoms with van der Waals surface area (Å²) < 4.78 is 7.12. The minimum Gasteiger partial charge on any atom is -0.367 e. The molecule has 0 aliphatic heterocycles. The van der Waals surface area contributed by atoms with Crippen LogP contribution in [0.2, 0.25) is 0 Å². The molecule has 0 bridgehead atoms. The first-order valence-corrected chi connectivity index (χ1v) is 7.55. The van der Waals surface area contributed by atoms with Crippen molar-refractivity contribution in [2.75, 3.05) is 34.3 Å². The lowest BCUT2D eigenvalue weighted by Gasteiger charge is -2.25. The van der Waals surface area contributed by atoms with E-state index in [1.54, 1.807) is 0 Å². The number of rotatable bonds is 7. The highest BCUT2D eigenvalue weighted by molar-refractivity contribution is 5.22. The van der Waals surface area contributed by atoms with Crippen LogP contribution in [0.25, 0.3) is 0 Å². The molecule has 0 saturated carbocycles. The molecule has 2 aromatic rings. The van der Waals surface area contributed by atoms with E-state index in [-0.39, 0.29) is 6.10 Å². The predicted molar refractivity (Wildman–Crippen MR) is 88.2 cm³/mol. The third-order valence-electron chi connectivity index (χ3n) is 3.52. The molecular formula is C19H26NO+. The van der Waals surface area contributed by atoms with Crippen LogP contribution in [-0.4, -0.2) is 38.8 Å². The van der Waals surface area contributed by atoms with Crippen LogP contribution in [0, 0.1) is 0 Å². The highest BCUT2D eigenvalue weighted by atomic mass is 16.5. The molecular weight excluding hydrogens is 258 g/mol. The molecule has 0 saturated heterocycles. The Labute approximate surface area is 128 Å². The molecule has 2 heteroatoms. The van der Waals surface area contributed by atoms with Crippen LogP contribution in [0.15, 0.2) is 60.7 Å². The Morgan fingerprint density at radius 1 is 0.857 bits per heavy atom. The van der Waals surface area contributed by atoms with Crippen molar-refractivity contribution >= 4 is 0 Å². The lowest BCUT2D eigenvalue weighted by Crippen LogP contribution is -2.37. The summed E-state index contributed by atoms with van der Waals surface area (Å²) in [5.41, 5.74) is 2.57. The van der Waals surface area contributed by atoms with Gasteiger partial charge < -0.3 is 9.22 Å². The molecule has 0 aliphatic carbocycles. The molecule has 112 valence electrons. The maximum atomic E-state index is 6.19. The monoisotopic (exact) mass is 284 g/mol. The number of benzene rings is 2. The van der Waals surface area contributed by atoms with Gasteiger partial charge in [0.25, 0.3) is 0 Å². The lowest BCUT2D eigenvalue weighted by atomic mass is 10.0. The minimum absolute atomic E-state index is 0.125. The summed E-state index contributed by atoms with van der Waals surface area (Å²) in [6.45, 7) is 1.79. The molecule has 0 spiro atoms. The highest BCUT2D eigenvalue weighted by Crippen LogP contribution is 2.22. The molecule has 1 atom stereocenters. The third-order valence-corrected chi connectivity index (χ3v) is 3.52. The highest BCUT2D eigenvalue weighted by Gasteiger charge is 2.15. The van der Waals surface area contributed by atoms with E-state index in [2.05, 4.69) is 81.8 Å². The molecule has 0 radical (unpaired) electrons. The molecule has 0 heterocycles. The first kappa shape index (κ1) is 15.7. The molecule has 2 aromatic carbocycles. The van der Waals surface area contributed by atoms with Gasteiger partial charge in [0.15, 0.2) is 0 Å². The summed E-state index contributed by atoms with van der Waals surface area (Å²) in [5, 5.41) is 0. The van der Waals surface area contributed by atoms with Crippen molar-refractivity contribution in [2.45, 2.75) is 12.5 Å². The van der Waals surface area contributed by atoms with Gasteiger partial charge in [-0.3, -0.25) is 0 Å². The van der Waals surface area contributed by atoms with E-state index < -0.39 is 0 Å². The first-order chi connectivity index (χ1) is 10.0. The average Bonchev–Trinajstić information content (AvgIpc) is 2.47. The van der Waals surface area contributed by atoms with Crippen molar-refractivity contribution in [3.05, 3.63) is 71.8 Å². The Balaban J connectivity index is 2.04. The summed E-state index contributed by atoms with van der Waals surface area (Å²) in [6.07, 6.45) is 1.04. The fourth-order valence-corrected chi connectivity index (χ4v) is 2.24. The molecule has 1 unspecified atom stereocenters. The van der Waals surface area contributed by atoms with Crippen molar-refractivity contribution in [1.82, 2.24) is 0 Å². The zero-order valence-electron chi connectivity index (χ0n) is 13.3. The van der Waals surface area contributed by atoms with Crippen LogP contribution >= 0.6 is 0 Å². The van der Waals surface area contributed by atoms with Gasteiger partial charge in [0.2, 0.25) is 0 Å². The number of quaternary nitrogens is 1. The predicted octanol–water partition coefficient (Wildman–Crippen LogP) is 3.69. The zero-order chi connectivity index (χ0) is 15.1. The Morgan fingerprint density at radius 3 is 2.00 bits per heavy atom. The van der Waals surface area contributed by atoms with Gasteiger partial charge >= 0.3 is 0 Å². The van der Waals surface area contributed by atoms with Gasteiger partial charge in [-0.25, -0.2) is 0 Å². The number of ether oxygens (including phenoxy) is 1. The largest absolute Gasteiger partial charge is 0.367 e. The fraction of sp³-hybridized carbons (Fsp3) is 0.368. The number of likely N-dealkylation sites (N-methyl/N-ethyl adjacent to an activating group) is 1. The van der Waals surface area contributed by atoms with Crippen molar-refractivity contribution in [1.29, 1.82) is 0 Å². The Bertz CT molecular complexity index is 516. The van der Waals surface area contributed by atoms with Crippen molar-refractivity contribution in [2.24, 2.45) is 0 Å². The van der Waals surface area contributed by atoms with Gasteiger partial charge in [0.1, 0.15) is 6.54 Å². The quantitative estimate of drug-likeness (QED) is 0.705. The van der Waals surface area contributed by atoms with Crippen LogP contribution in [0.3, 0.4) is 0 Å². The summed E-state index contributed by atoms with van der Waals surface area (Å²) in [4.78, 5) is 0. The minimum atomic E-state index is 0.125. The van der Waals surface area contributed by atoms with Crippen LogP contribution in [0.1, 0.15) is 17.2 Å². The molecule has 0 aromatic heterocycles. The van der Waals surface area contributed by atoms with Crippen LogP contribution in [-0.2, 0) is 11.2 Å². The Kier molecular flexibility index (Phi) is 5.54. The van der Waals surface area contributed by atoms with Gasteiger partial charge in [0, 0.05) is 6.42 Å². The summed E-state index contributed by atoms with van der Waals surface area (Å²) in [6, 6.07) is 21.1. The smallest absolute Gasteiger partial charge is 0.102 e. The van der Waals surface area contributed by atoms with Gasteiger partial charge in [0.05, 0.1) is 33.9 Å². The van der Waals surface area contributed by atoms with E-state index in [1.165, 1.54) is 11.1 Å². The second-order valence-corrected chi connectivity index (χ2v) is 6.47. The summed E-state index contributed by atoms with van der Waals surface area (Å²) >= 11 is 0. The van der Waals surface area contributed by atoms with Crippen LogP contribution in [0.4, 0.5) is 0 Å². The molecule has 0 aliphatic rings.